The Morgan fingerprint density at radius 2 is 1.89 bits per heavy atom. The average Bonchev–Trinajstić information content (AvgIpc) is 2.30. The number of rotatable bonds is 4. The molecule has 1 rings (SSSR count). The monoisotopic (exact) mass is 282 g/mol. The third-order valence-electron chi connectivity index (χ3n) is 2.75. The maximum absolute atomic E-state index is 12.1. The number of aryl methyl sites for hydroxylation is 1. The van der Waals surface area contributed by atoms with Crippen molar-refractivity contribution in [1.29, 1.82) is 0 Å². The molecule has 0 aromatic heterocycles. The summed E-state index contributed by atoms with van der Waals surface area (Å²) >= 11 is 6.00. The fraction of sp³-hybridized carbons (Fsp3) is 0.429. The van der Waals surface area contributed by atoms with Crippen LogP contribution in [0.5, 0.6) is 0 Å². The van der Waals surface area contributed by atoms with Gasteiger partial charge in [-0.05, 0) is 30.5 Å². The zero-order valence-electron chi connectivity index (χ0n) is 11.6. The summed E-state index contributed by atoms with van der Waals surface area (Å²) in [6.07, 6.45) is 0. The molecule has 0 aliphatic rings. The van der Waals surface area contributed by atoms with E-state index in [9.17, 15) is 9.59 Å². The van der Waals surface area contributed by atoms with Crippen LogP contribution in [0.25, 0.3) is 0 Å². The predicted molar refractivity (Wildman–Crippen MR) is 77.3 cm³/mol. The van der Waals surface area contributed by atoms with Crippen molar-refractivity contribution in [3.8, 4) is 0 Å². The van der Waals surface area contributed by atoms with Crippen molar-refractivity contribution < 1.29 is 9.59 Å². The van der Waals surface area contributed by atoms with E-state index in [-0.39, 0.29) is 17.7 Å². The summed E-state index contributed by atoms with van der Waals surface area (Å²) in [5, 5.41) is 6.00. The topological polar surface area (TPSA) is 58.2 Å². The summed E-state index contributed by atoms with van der Waals surface area (Å²) < 4.78 is 0. The maximum Gasteiger partial charge on any atom is 0.247 e. The van der Waals surface area contributed by atoms with Gasteiger partial charge in [-0.2, -0.15) is 0 Å². The average molecular weight is 283 g/mol. The minimum Gasteiger partial charge on any atom is -0.344 e. The number of hydrogen-bond donors (Lipinski definition) is 2. The lowest BCUT2D eigenvalue weighted by Gasteiger charge is -2.21. The molecule has 4 nitrogen and oxygen atoms in total. The van der Waals surface area contributed by atoms with Crippen LogP contribution in [0.4, 0.5) is 5.69 Å². The minimum absolute atomic E-state index is 0.00446. The van der Waals surface area contributed by atoms with Crippen LogP contribution in [0.15, 0.2) is 18.2 Å². The highest BCUT2D eigenvalue weighted by molar-refractivity contribution is 6.31. The van der Waals surface area contributed by atoms with Gasteiger partial charge in [-0.25, -0.2) is 0 Å². The zero-order valence-corrected chi connectivity index (χ0v) is 12.3. The van der Waals surface area contributed by atoms with Gasteiger partial charge in [-0.15, -0.1) is 0 Å². The Kier molecular flexibility index (Phi) is 5.36. The van der Waals surface area contributed by atoms with Crippen molar-refractivity contribution in [2.45, 2.75) is 33.7 Å². The number of benzene rings is 1. The van der Waals surface area contributed by atoms with Crippen molar-refractivity contribution in [3.05, 3.63) is 28.8 Å². The van der Waals surface area contributed by atoms with E-state index in [1.165, 1.54) is 6.92 Å². The number of nitrogens with one attached hydrogen (secondary N) is 2. The van der Waals surface area contributed by atoms with Crippen LogP contribution in [0.1, 0.15) is 26.3 Å². The lowest BCUT2D eigenvalue weighted by Crippen LogP contribution is -2.46. The quantitative estimate of drug-likeness (QED) is 0.892. The molecule has 0 aliphatic carbocycles. The Bertz CT molecular complexity index is 486. The second-order valence-electron chi connectivity index (χ2n) is 4.88. The van der Waals surface area contributed by atoms with E-state index in [1.54, 1.807) is 12.1 Å². The van der Waals surface area contributed by atoms with E-state index in [0.29, 0.717) is 10.7 Å². The molecule has 19 heavy (non-hydrogen) atoms. The molecule has 0 bridgehead atoms. The van der Waals surface area contributed by atoms with Crippen molar-refractivity contribution >= 4 is 29.1 Å². The lowest BCUT2D eigenvalue weighted by molar-refractivity contribution is -0.126. The van der Waals surface area contributed by atoms with Crippen molar-refractivity contribution in [2.75, 3.05) is 5.32 Å². The van der Waals surface area contributed by atoms with Crippen LogP contribution in [0, 0.1) is 12.8 Å². The largest absolute Gasteiger partial charge is 0.344 e. The second-order valence-corrected chi connectivity index (χ2v) is 5.28. The first kappa shape index (κ1) is 15.5. The molecule has 1 atom stereocenters. The molecule has 2 amide bonds. The Labute approximate surface area is 118 Å². The summed E-state index contributed by atoms with van der Waals surface area (Å²) in [4.78, 5) is 23.2. The smallest absolute Gasteiger partial charge is 0.247 e. The van der Waals surface area contributed by atoms with E-state index in [1.807, 2.05) is 26.8 Å². The Morgan fingerprint density at radius 1 is 1.26 bits per heavy atom. The molecule has 1 aromatic rings. The SMILES string of the molecule is CC(=O)N[C@@H](C(=O)Nc1ccc(C)c(Cl)c1)C(C)C. The van der Waals surface area contributed by atoms with Crippen LogP contribution in [0.3, 0.4) is 0 Å². The van der Waals surface area contributed by atoms with Gasteiger partial charge in [0.2, 0.25) is 11.8 Å². The molecule has 0 saturated carbocycles. The summed E-state index contributed by atoms with van der Waals surface area (Å²) in [5.41, 5.74) is 1.57. The zero-order chi connectivity index (χ0) is 14.6. The molecule has 1 aromatic carbocycles. The van der Waals surface area contributed by atoms with Gasteiger partial charge >= 0.3 is 0 Å². The van der Waals surface area contributed by atoms with E-state index in [4.69, 9.17) is 11.6 Å². The van der Waals surface area contributed by atoms with Crippen LogP contribution >= 0.6 is 11.6 Å². The normalized spacial score (nSPS) is 12.1. The first-order chi connectivity index (χ1) is 8.81. The molecule has 0 heterocycles. The van der Waals surface area contributed by atoms with Crippen molar-refractivity contribution in [3.63, 3.8) is 0 Å². The van der Waals surface area contributed by atoms with E-state index < -0.39 is 6.04 Å². The first-order valence-corrected chi connectivity index (χ1v) is 6.53. The van der Waals surface area contributed by atoms with Gasteiger partial charge in [0, 0.05) is 17.6 Å². The standard InChI is InChI=1S/C14H19ClN2O2/c1-8(2)13(16-10(4)18)14(19)17-11-6-5-9(3)12(15)7-11/h5-8,13H,1-4H3,(H,16,18)(H,17,19)/t13-/m1/s1. The summed E-state index contributed by atoms with van der Waals surface area (Å²) in [6.45, 7) is 7.04. The Balaban J connectivity index is 2.81. The molecule has 0 fully saturated rings. The fourth-order valence-corrected chi connectivity index (χ4v) is 1.83. The summed E-state index contributed by atoms with van der Waals surface area (Å²) in [7, 11) is 0. The minimum atomic E-state index is -0.558. The molecule has 2 N–H and O–H groups in total. The highest BCUT2D eigenvalue weighted by atomic mass is 35.5. The van der Waals surface area contributed by atoms with E-state index >= 15 is 0 Å². The third kappa shape index (κ3) is 4.56. The molecule has 5 heteroatoms. The van der Waals surface area contributed by atoms with E-state index in [0.717, 1.165) is 5.56 Å². The number of anilines is 1. The number of carbonyl (C=O) groups excluding carboxylic acids is 2. The second kappa shape index (κ2) is 6.57. The van der Waals surface area contributed by atoms with Crippen LogP contribution < -0.4 is 10.6 Å². The van der Waals surface area contributed by atoms with E-state index in [2.05, 4.69) is 10.6 Å². The van der Waals surface area contributed by atoms with Crippen LogP contribution in [0.2, 0.25) is 5.02 Å². The van der Waals surface area contributed by atoms with Gasteiger partial charge < -0.3 is 10.6 Å². The molecule has 104 valence electrons. The number of amides is 2. The Morgan fingerprint density at radius 3 is 2.37 bits per heavy atom. The maximum atomic E-state index is 12.1. The summed E-state index contributed by atoms with van der Waals surface area (Å²) in [5.74, 6) is -0.467. The molecule has 0 spiro atoms. The molecular formula is C14H19ClN2O2. The van der Waals surface area contributed by atoms with Gasteiger partial charge in [0.1, 0.15) is 6.04 Å². The highest BCUT2D eigenvalue weighted by Gasteiger charge is 2.23. The van der Waals surface area contributed by atoms with Gasteiger partial charge in [0.15, 0.2) is 0 Å². The lowest BCUT2D eigenvalue weighted by atomic mass is 10.0. The highest BCUT2D eigenvalue weighted by Crippen LogP contribution is 2.20. The molecule has 0 aliphatic heterocycles. The molecule has 0 saturated heterocycles. The van der Waals surface area contributed by atoms with Gasteiger partial charge in [-0.1, -0.05) is 31.5 Å². The van der Waals surface area contributed by atoms with Crippen molar-refractivity contribution in [2.24, 2.45) is 5.92 Å². The predicted octanol–water partition coefficient (Wildman–Crippen LogP) is 2.75. The fourth-order valence-electron chi connectivity index (χ4n) is 1.64. The van der Waals surface area contributed by atoms with Crippen LogP contribution in [-0.4, -0.2) is 17.9 Å². The number of hydrogen-bond acceptors (Lipinski definition) is 2. The van der Waals surface area contributed by atoms with Gasteiger partial charge in [0.25, 0.3) is 0 Å². The van der Waals surface area contributed by atoms with Crippen molar-refractivity contribution in [1.82, 2.24) is 5.32 Å². The third-order valence-corrected chi connectivity index (χ3v) is 3.15. The van der Waals surface area contributed by atoms with Gasteiger partial charge in [0.05, 0.1) is 0 Å². The number of carbonyl (C=O) groups is 2. The molecule has 0 radical (unpaired) electrons. The molecular weight excluding hydrogens is 264 g/mol. The number of halogens is 1. The Hall–Kier alpha value is -1.55. The molecule has 0 unspecified atom stereocenters. The summed E-state index contributed by atoms with van der Waals surface area (Å²) in [6, 6.07) is 4.75. The van der Waals surface area contributed by atoms with Crippen LogP contribution in [-0.2, 0) is 9.59 Å². The van der Waals surface area contributed by atoms with Gasteiger partial charge in [-0.3, -0.25) is 9.59 Å². The first-order valence-electron chi connectivity index (χ1n) is 6.15.